The number of hydrogen-bond acceptors (Lipinski definition) is 3. The molecular weight excluding hydrogens is 309 g/mol. The van der Waals surface area contributed by atoms with Crippen molar-refractivity contribution in [2.75, 3.05) is 14.2 Å². The average Bonchev–Trinajstić information content (AvgIpc) is 2.49. The Labute approximate surface area is 134 Å². The highest BCUT2D eigenvalue weighted by molar-refractivity contribution is 6.33. The van der Waals surface area contributed by atoms with Crippen LogP contribution in [0.5, 0.6) is 11.5 Å². The summed E-state index contributed by atoms with van der Waals surface area (Å²) < 4.78 is 10.6. The normalized spacial score (nSPS) is 12.1. The number of halogens is 2. The minimum absolute atomic E-state index is 0.387. The number of rotatable bonds is 4. The Kier molecular flexibility index (Phi) is 4.99. The maximum atomic E-state index is 6.38. The van der Waals surface area contributed by atoms with E-state index in [1.165, 1.54) is 0 Å². The van der Waals surface area contributed by atoms with Crippen molar-refractivity contribution in [1.29, 1.82) is 0 Å². The molecule has 2 N–H and O–H groups in total. The summed E-state index contributed by atoms with van der Waals surface area (Å²) in [5.74, 6) is 1.06. The molecular formula is C16H17Cl2NO2. The predicted molar refractivity (Wildman–Crippen MR) is 86.8 cm³/mol. The monoisotopic (exact) mass is 325 g/mol. The van der Waals surface area contributed by atoms with Gasteiger partial charge in [0.2, 0.25) is 0 Å². The van der Waals surface area contributed by atoms with Crippen LogP contribution in [0.15, 0.2) is 30.3 Å². The van der Waals surface area contributed by atoms with Gasteiger partial charge in [-0.3, -0.25) is 0 Å². The highest BCUT2D eigenvalue weighted by Gasteiger charge is 2.21. The maximum absolute atomic E-state index is 6.38. The van der Waals surface area contributed by atoms with E-state index in [4.69, 9.17) is 38.4 Å². The molecule has 0 amide bonds. The summed E-state index contributed by atoms with van der Waals surface area (Å²) in [6.07, 6.45) is 0. The van der Waals surface area contributed by atoms with E-state index >= 15 is 0 Å². The molecule has 0 aromatic heterocycles. The lowest BCUT2D eigenvalue weighted by Crippen LogP contribution is -2.15. The highest BCUT2D eigenvalue weighted by Crippen LogP contribution is 2.41. The predicted octanol–water partition coefficient (Wildman–Crippen LogP) is 4.37. The molecule has 2 rings (SSSR count). The zero-order valence-electron chi connectivity index (χ0n) is 12.1. The average molecular weight is 326 g/mol. The molecule has 0 heterocycles. The lowest BCUT2D eigenvalue weighted by Gasteiger charge is -2.20. The largest absolute Gasteiger partial charge is 0.495 e. The van der Waals surface area contributed by atoms with Crippen LogP contribution in [0.2, 0.25) is 10.0 Å². The number of benzene rings is 2. The Balaban J connectivity index is 2.56. The first-order valence-corrected chi connectivity index (χ1v) is 7.17. The molecule has 0 spiro atoms. The lowest BCUT2D eigenvalue weighted by atomic mass is 9.95. The van der Waals surface area contributed by atoms with Crippen molar-refractivity contribution in [3.8, 4) is 11.5 Å². The fraction of sp³-hybridized carbons (Fsp3) is 0.250. The first-order valence-electron chi connectivity index (χ1n) is 6.42. The fourth-order valence-electron chi connectivity index (χ4n) is 2.29. The molecule has 0 saturated carbocycles. The summed E-state index contributed by atoms with van der Waals surface area (Å²) in [5, 5.41) is 1.09. The Morgan fingerprint density at radius 2 is 1.71 bits per heavy atom. The summed E-state index contributed by atoms with van der Waals surface area (Å²) in [7, 11) is 3.11. The summed E-state index contributed by atoms with van der Waals surface area (Å²) in [4.78, 5) is 0. The zero-order valence-corrected chi connectivity index (χ0v) is 13.6. The van der Waals surface area contributed by atoms with Crippen molar-refractivity contribution in [2.45, 2.75) is 13.0 Å². The van der Waals surface area contributed by atoms with Crippen molar-refractivity contribution >= 4 is 23.2 Å². The minimum atomic E-state index is -0.387. The van der Waals surface area contributed by atoms with Crippen LogP contribution in [0.25, 0.3) is 0 Å². The van der Waals surface area contributed by atoms with E-state index in [0.29, 0.717) is 21.5 Å². The highest BCUT2D eigenvalue weighted by atomic mass is 35.5. The van der Waals surface area contributed by atoms with Crippen LogP contribution in [0.4, 0.5) is 0 Å². The van der Waals surface area contributed by atoms with Crippen molar-refractivity contribution < 1.29 is 9.47 Å². The van der Waals surface area contributed by atoms with Gasteiger partial charge in [0.25, 0.3) is 0 Å². The van der Waals surface area contributed by atoms with E-state index in [1.807, 2.05) is 31.2 Å². The van der Waals surface area contributed by atoms with E-state index in [9.17, 15) is 0 Å². The molecule has 0 radical (unpaired) electrons. The third kappa shape index (κ3) is 2.95. The van der Waals surface area contributed by atoms with Crippen LogP contribution in [-0.4, -0.2) is 14.2 Å². The summed E-state index contributed by atoms with van der Waals surface area (Å²) in [5.41, 5.74) is 9.05. The van der Waals surface area contributed by atoms with Crippen LogP contribution in [0.1, 0.15) is 22.7 Å². The van der Waals surface area contributed by atoms with Crippen molar-refractivity contribution in [3.63, 3.8) is 0 Å². The molecule has 0 aliphatic heterocycles. The summed E-state index contributed by atoms with van der Waals surface area (Å²) >= 11 is 12.5. The van der Waals surface area contributed by atoms with Gasteiger partial charge in [0, 0.05) is 10.6 Å². The van der Waals surface area contributed by atoms with E-state index in [0.717, 1.165) is 16.7 Å². The van der Waals surface area contributed by atoms with Gasteiger partial charge in [-0.2, -0.15) is 0 Å². The topological polar surface area (TPSA) is 44.5 Å². The second-order valence-corrected chi connectivity index (χ2v) is 5.42. The van der Waals surface area contributed by atoms with Crippen LogP contribution in [-0.2, 0) is 0 Å². The molecule has 1 atom stereocenters. The first kappa shape index (κ1) is 16.0. The van der Waals surface area contributed by atoms with E-state index in [-0.39, 0.29) is 6.04 Å². The zero-order chi connectivity index (χ0) is 15.6. The summed E-state index contributed by atoms with van der Waals surface area (Å²) in [6.45, 7) is 1.94. The number of ether oxygens (including phenoxy) is 2. The standard InChI is InChI=1S/C16H17Cl2NO2/c1-9-10(5-4-6-12(9)17)15(19)11-7-8-13(20-2)14(18)16(11)21-3/h4-8,15H,19H2,1-3H3. The number of hydrogen-bond donors (Lipinski definition) is 1. The van der Waals surface area contributed by atoms with Gasteiger partial charge < -0.3 is 15.2 Å². The van der Waals surface area contributed by atoms with Gasteiger partial charge in [-0.1, -0.05) is 35.3 Å². The Morgan fingerprint density at radius 3 is 2.33 bits per heavy atom. The van der Waals surface area contributed by atoms with Crippen LogP contribution >= 0.6 is 23.2 Å². The Bertz CT molecular complexity index is 659. The molecule has 112 valence electrons. The second-order valence-electron chi connectivity index (χ2n) is 4.64. The molecule has 1 unspecified atom stereocenters. The first-order chi connectivity index (χ1) is 10.0. The quantitative estimate of drug-likeness (QED) is 0.907. The van der Waals surface area contributed by atoms with Gasteiger partial charge >= 0.3 is 0 Å². The van der Waals surface area contributed by atoms with Crippen molar-refractivity contribution in [1.82, 2.24) is 0 Å². The van der Waals surface area contributed by atoms with E-state index in [1.54, 1.807) is 20.3 Å². The molecule has 0 saturated heterocycles. The third-order valence-corrected chi connectivity index (χ3v) is 4.26. The Morgan fingerprint density at radius 1 is 1.00 bits per heavy atom. The third-order valence-electron chi connectivity index (χ3n) is 3.50. The molecule has 0 aliphatic rings. The molecule has 0 bridgehead atoms. The van der Waals surface area contributed by atoms with Gasteiger partial charge in [-0.25, -0.2) is 0 Å². The molecule has 5 heteroatoms. The van der Waals surface area contributed by atoms with Gasteiger partial charge in [0.05, 0.1) is 20.3 Å². The minimum Gasteiger partial charge on any atom is -0.495 e. The molecule has 0 fully saturated rings. The maximum Gasteiger partial charge on any atom is 0.146 e. The Hall–Kier alpha value is -1.42. The second kappa shape index (κ2) is 6.56. The molecule has 2 aromatic rings. The van der Waals surface area contributed by atoms with Gasteiger partial charge in [-0.15, -0.1) is 0 Å². The van der Waals surface area contributed by atoms with Crippen LogP contribution in [0.3, 0.4) is 0 Å². The molecule has 2 aromatic carbocycles. The van der Waals surface area contributed by atoms with Gasteiger partial charge in [-0.05, 0) is 36.2 Å². The number of nitrogens with two attached hydrogens (primary N) is 1. The molecule has 0 aliphatic carbocycles. The van der Waals surface area contributed by atoms with Gasteiger partial charge in [0.1, 0.15) is 16.5 Å². The molecule has 21 heavy (non-hydrogen) atoms. The van der Waals surface area contributed by atoms with Crippen molar-refractivity contribution in [2.24, 2.45) is 5.73 Å². The fourth-order valence-corrected chi connectivity index (χ4v) is 2.80. The smallest absolute Gasteiger partial charge is 0.146 e. The van der Waals surface area contributed by atoms with Gasteiger partial charge in [0.15, 0.2) is 0 Å². The SMILES string of the molecule is COc1ccc(C(N)c2cccc(Cl)c2C)c(OC)c1Cl. The van der Waals surface area contributed by atoms with E-state index in [2.05, 4.69) is 0 Å². The lowest BCUT2D eigenvalue weighted by molar-refractivity contribution is 0.390. The number of methoxy groups -OCH3 is 2. The van der Waals surface area contributed by atoms with E-state index < -0.39 is 0 Å². The van der Waals surface area contributed by atoms with Crippen LogP contribution in [0, 0.1) is 6.92 Å². The van der Waals surface area contributed by atoms with Crippen LogP contribution < -0.4 is 15.2 Å². The van der Waals surface area contributed by atoms with Crippen molar-refractivity contribution in [3.05, 3.63) is 57.1 Å². The molecule has 3 nitrogen and oxygen atoms in total. The summed E-state index contributed by atoms with van der Waals surface area (Å²) in [6, 6.07) is 8.91.